The van der Waals surface area contributed by atoms with E-state index in [9.17, 15) is 14.9 Å². The van der Waals surface area contributed by atoms with Gasteiger partial charge in [0.25, 0.3) is 5.69 Å². The van der Waals surface area contributed by atoms with E-state index in [2.05, 4.69) is 24.4 Å². The lowest BCUT2D eigenvalue weighted by Crippen LogP contribution is -2.29. The predicted molar refractivity (Wildman–Crippen MR) is 111 cm³/mol. The molecule has 150 valence electrons. The molecule has 0 amide bonds. The maximum atomic E-state index is 12.4. The molecule has 3 atom stereocenters. The summed E-state index contributed by atoms with van der Waals surface area (Å²) in [5, 5.41) is 14.5. The monoisotopic (exact) mass is 392 g/mol. The normalized spacial score (nSPS) is 21.8. The Morgan fingerprint density at radius 2 is 2.03 bits per heavy atom. The molecule has 0 unspecified atom stereocenters. The minimum atomic E-state index is -0.381. The molecule has 1 heterocycles. The Labute approximate surface area is 169 Å². The van der Waals surface area contributed by atoms with Gasteiger partial charge in [0.2, 0.25) is 0 Å². The highest BCUT2D eigenvalue weighted by atomic mass is 16.6. The molecule has 6 heteroatoms. The van der Waals surface area contributed by atoms with Crippen LogP contribution in [0.3, 0.4) is 0 Å². The number of anilines is 1. The van der Waals surface area contributed by atoms with E-state index in [1.807, 2.05) is 24.3 Å². The van der Waals surface area contributed by atoms with E-state index in [4.69, 9.17) is 4.74 Å². The second kappa shape index (κ2) is 8.07. The topological polar surface area (TPSA) is 81.5 Å². The first-order valence-electron chi connectivity index (χ1n) is 10.1. The van der Waals surface area contributed by atoms with Gasteiger partial charge in [0, 0.05) is 23.7 Å². The van der Waals surface area contributed by atoms with Crippen molar-refractivity contribution in [3.8, 4) is 0 Å². The number of carbonyl (C=O) groups is 1. The maximum absolute atomic E-state index is 12.4. The molecular formula is C23H24N2O4. The summed E-state index contributed by atoms with van der Waals surface area (Å²) in [6.45, 7) is 2.51. The zero-order valence-electron chi connectivity index (χ0n) is 16.3. The number of benzene rings is 2. The SMILES string of the molecule is CCCCOC(=O)c1ccc2c(c1)[C@H]1C=CC[C@@H]1[C@H](c1ccc([N+](=O)[O-])cc1)N2. The van der Waals surface area contributed by atoms with Gasteiger partial charge in [-0.05, 0) is 48.1 Å². The first-order valence-corrected chi connectivity index (χ1v) is 10.1. The smallest absolute Gasteiger partial charge is 0.338 e. The number of allylic oxidation sites excluding steroid dienone is 2. The Bertz CT molecular complexity index is 952. The summed E-state index contributed by atoms with van der Waals surface area (Å²) in [6, 6.07) is 12.5. The van der Waals surface area contributed by atoms with Crippen LogP contribution < -0.4 is 5.32 Å². The third kappa shape index (κ3) is 3.75. The lowest BCUT2D eigenvalue weighted by Gasteiger charge is -2.37. The molecule has 4 rings (SSSR count). The molecule has 0 spiro atoms. The van der Waals surface area contributed by atoms with Crippen LogP contribution in [0.1, 0.15) is 59.6 Å². The van der Waals surface area contributed by atoms with Crippen molar-refractivity contribution in [2.45, 2.75) is 38.1 Å². The second-order valence-corrected chi connectivity index (χ2v) is 7.62. The summed E-state index contributed by atoms with van der Waals surface area (Å²) in [5.41, 5.74) is 3.80. The van der Waals surface area contributed by atoms with Crippen molar-refractivity contribution >= 4 is 17.3 Å². The molecule has 1 aliphatic heterocycles. The maximum Gasteiger partial charge on any atom is 0.338 e. The van der Waals surface area contributed by atoms with Crippen LogP contribution in [0.15, 0.2) is 54.6 Å². The summed E-state index contributed by atoms with van der Waals surface area (Å²) >= 11 is 0. The van der Waals surface area contributed by atoms with Gasteiger partial charge in [-0.25, -0.2) is 4.79 Å². The standard InChI is InChI=1S/C23H24N2O4/c1-2-3-13-29-23(26)16-9-12-21-20(14-16)18-5-4-6-19(18)22(24-21)15-7-10-17(11-8-15)25(27)28/h4-5,7-12,14,18-19,22,24H,2-3,6,13H2,1H3/t18-,19-,22-/m0/s1. The summed E-state index contributed by atoms with van der Waals surface area (Å²) in [7, 11) is 0. The van der Waals surface area contributed by atoms with E-state index in [0.717, 1.165) is 36.1 Å². The van der Waals surface area contributed by atoms with Gasteiger partial charge >= 0.3 is 5.97 Å². The Morgan fingerprint density at radius 3 is 2.76 bits per heavy atom. The third-order valence-corrected chi connectivity index (χ3v) is 5.79. The highest BCUT2D eigenvalue weighted by Crippen LogP contribution is 2.50. The number of unbranched alkanes of at least 4 members (excludes halogenated alkanes) is 1. The molecule has 0 saturated carbocycles. The van der Waals surface area contributed by atoms with Crippen LogP contribution in [-0.2, 0) is 4.74 Å². The van der Waals surface area contributed by atoms with E-state index < -0.39 is 0 Å². The molecule has 6 nitrogen and oxygen atoms in total. The lowest BCUT2D eigenvalue weighted by molar-refractivity contribution is -0.384. The predicted octanol–water partition coefficient (Wildman–Crippen LogP) is 5.38. The number of ether oxygens (including phenoxy) is 1. The van der Waals surface area contributed by atoms with E-state index >= 15 is 0 Å². The van der Waals surface area contributed by atoms with Crippen molar-refractivity contribution < 1.29 is 14.5 Å². The molecule has 1 aliphatic carbocycles. The Balaban J connectivity index is 1.60. The number of nitro benzene ring substituents is 1. The Morgan fingerprint density at radius 1 is 1.24 bits per heavy atom. The summed E-state index contributed by atoms with van der Waals surface area (Å²) in [6.07, 6.45) is 7.15. The highest BCUT2D eigenvalue weighted by Gasteiger charge is 2.38. The van der Waals surface area contributed by atoms with E-state index in [0.29, 0.717) is 18.1 Å². The lowest BCUT2D eigenvalue weighted by atomic mass is 9.76. The zero-order chi connectivity index (χ0) is 20.4. The van der Waals surface area contributed by atoms with Gasteiger partial charge in [0.1, 0.15) is 0 Å². The number of esters is 1. The molecule has 29 heavy (non-hydrogen) atoms. The van der Waals surface area contributed by atoms with Crippen molar-refractivity contribution in [2.75, 3.05) is 11.9 Å². The van der Waals surface area contributed by atoms with Gasteiger partial charge < -0.3 is 10.1 Å². The number of non-ortho nitro benzene ring substituents is 1. The van der Waals surface area contributed by atoms with Crippen LogP contribution in [0.25, 0.3) is 0 Å². The van der Waals surface area contributed by atoms with Crippen molar-refractivity contribution in [2.24, 2.45) is 5.92 Å². The number of rotatable bonds is 6. The van der Waals surface area contributed by atoms with Crippen LogP contribution in [-0.4, -0.2) is 17.5 Å². The average molecular weight is 392 g/mol. The van der Waals surface area contributed by atoms with Crippen LogP contribution in [0, 0.1) is 16.0 Å². The average Bonchev–Trinajstić information content (AvgIpc) is 3.23. The number of nitrogens with one attached hydrogen (secondary N) is 1. The molecule has 0 radical (unpaired) electrons. The van der Waals surface area contributed by atoms with Gasteiger partial charge in [0.05, 0.1) is 23.1 Å². The fraction of sp³-hybridized carbons (Fsp3) is 0.348. The van der Waals surface area contributed by atoms with Gasteiger partial charge in [0.15, 0.2) is 0 Å². The van der Waals surface area contributed by atoms with Crippen molar-refractivity contribution in [1.29, 1.82) is 0 Å². The summed E-state index contributed by atoms with van der Waals surface area (Å²) < 4.78 is 5.36. The number of nitrogens with zero attached hydrogens (tertiary/aromatic N) is 1. The van der Waals surface area contributed by atoms with E-state index in [1.165, 1.54) is 0 Å². The first kappa shape index (κ1) is 19.2. The second-order valence-electron chi connectivity index (χ2n) is 7.62. The Hall–Kier alpha value is -3.15. The van der Waals surface area contributed by atoms with Crippen molar-refractivity contribution in [3.63, 3.8) is 0 Å². The van der Waals surface area contributed by atoms with Crippen LogP contribution in [0.4, 0.5) is 11.4 Å². The quantitative estimate of drug-likeness (QED) is 0.235. The summed E-state index contributed by atoms with van der Waals surface area (Å²) in [4.78, 5) is 22.9. The minimum absolute atomic E-state index is 0.0608. The molecular weight excluding hydrogens is 368 g/mol. The van der Waals surface area contributed by atoms with Gasteiger partial charge in [-0.3, -0.25) is 10.1 Å². The number of carbonyl (C=O) groups excluding carboxylic acids is 1. The van der Waals surface area contributed by atoms with Gasteiger partial charge in [-0.2, -0.15) is 0 Å². The molecule has 0 bridgehead atoms. The zero-order valence-corrected chi connectivity index (χ0v) is 16.3. The molecule has 2 aliphatic rings. The fourth-order valence-corrected chi connectivity index (χ4v) is 4.25. The highest BCUT2D eigenvalue weighted by molar-refractivity contribution is 5.90. The fourth-order valence-electron chi connectivity index (χ4n) is 4.25. The van der Waals surface area contributed by atoms with Gasteiger partial charge in [-0.1, -0.05) is 37.6 Å². The molecule has 0 saturated heterocycles. The Kier molecular flexibility index (Phi) is 5.34. The van der Waals surface area contributed by atoms with E-state index in [1.54, 1.807) is 18.2 Å². The number of hydrogen-bond acceptors (Lipinski definition) is 5. The van der Waals surface area contributed by atoms with Gasteiger partial charge in [-0.15, -0.1) is 0 Å². The third-order valence-electron chi connectivity index (χ3n) is 5.79. The number of hydrogen-bond donors (Lipinski definition) is 1. The molecule has 0 fully saturated rings. The van der Waals surface area contributed by atoms with Crippen molar-refractivity contribution in [1.82, 2.24) is 0 Å². The molecule has 0 aromatic heterocycles. The molecule has 2 aromatic rings. The van der Waals surface area contributed by atoms with Crippen LogP contribution >= 0.6 is 0 Å². The summed E-state index contributed by atoms with van der Waals surface area (Å²) in [5.74, 6) is 0.224. The minimum Gasteiger partial charge on any atom is -0.462 e. The van der Waals surface area contributed by atoms with Crippen LogP contribution in [0.2, 0.25) is 0 Å². The van der Waals surface area contributed by atoms with Crippen molar-refractivity contribution in [3.05, 3.63) is 81.4 Å². The van der Waals surface area contributed by atoms with E-state index in [-0.39, 0.29) is 28.5 Å². The number of nitro groups is 1. The largest absolute Gasteiger partial charge is 0.462 e. The first-order chi connectivity index (χ1) is 14.1. The number of fused-ring (bicyclic) bond motifs is 3. The van der Waals surface area contributed by atoms with Crippen LogP contribution in [0.5, 0.6) is 0 Å². The molecule has 1 N–H and O–H groups in total. The molecule has 2 aromatic carbocycles.